The van der Waals surface area contributed by atoms with Crippen molar-refractivity contribution in [2.45, 2.75) is 66.3 Å². The molecule has 0 aliphatic heterocycles. The van der Waals surface area contributed by atoms with Crippen molar-refractivity contribution in [1.29, 1.82) is 0 Å². The normalized spacial score (nSPS) is 13.6. The van der Waals surface area contributed by atoms with Crippen LogP contribution in [0.1, 0.15) is 60.3 Å². The Labute approximate surface area is 109 Å². The van der Waals surface area contributed by atoms with E-state index in [4.69, 9.17) is 0 Å². The van der Waals surface area contributed by atoms with Crippen LogP contribution in [0.2, 0.25) is 0 Å². The molecule has 0 saturated heterocycles. The summed E-state index contributed by atoms with van der Waals surface area (Å²) in [6.45, 7) is 16.2. The first-order valence-electron chi connectivity index (χ1n) is 7.62. The standard InChI is InChI=1S/C15H34N2/c1-6-9-11-17(12-10-7-2)15(14(4)5)13-16-8-3/h14-16H,6-13H2,1-5H3. The van der Waals surface area contributed by atoms with Crippen LogP contribution >= 0.6 is 0 Å². The van der Waals surface area contributed by atoms with Crippen molar-refractivity contribution in [3.63, 3.8) is 0 Å². The fourth-order valence-corrected chi connectivity index (χ4v) is 2.24. The van der Waals surface area contributed by atoms with E-state index in [1.807, 2.05) is 0 Å². The van der Waals surface area contributed by atoms with Gasteiger partial charge in [-0.1, -0.05) is 47.5 Å². The summed E-state index contributed by atoms with van der Waals surface area (Å²) in [6.07, 6.45) is 5.27. The average Bonchev–Trinajstić information content (AvgIpc) is 2.31. The lowest BCUT2D eigenvalue weighted by atomic mass is 10.0. The Morgan fingerprint density at radius 1 is 0.941 bits per heavy atom. The zero-order chi connectivity index (χ0) is 13.1. The van der Waals surface area contributed by atoms with Crippen molar-refractivity contribution in [2.75, 3.05) is 26.2 Å². The maximum atomic E-state index is 3.52. The van der Waals surface area contributed by atoms with Crippen molar-refractivity contribution in [3.8, 4) is 0 Å². The molecule has 0 heterocycles. The fraction of sp³-hybridized carbons (Fsp3) is 1.00. The molecule has 1 atom stereocenters. The molecule has 17 heavy (non-hydrogen) atoms. The first-order valence-corrected chi connectivity index (χ1v) is 7.62. The Hall–Kier alpha value is -0.0800. The van der Waals surface area contributed by atoms with Crippen LogP contribution in [0.4, 0.5) is 0 Å². The fourth-order valence-electron chi connectivity index (χ4n) is 2.24. The number of rotatable bonds is 11. The van der Waals surface area contributed by atoms with Gasteiger partial charge in [-0.2, -0.15) is 0 Å². The summed E-state index contributed by atoms with van der Waals surface area (Å²) in [5.74, 6) is 0.739. The van der Waals surface area contributed by atoms with Gasteiger partial charge in [0, 0.05) is 12.6 Å². The molecular formula is C15H34N2. The zero-order valence-corrected chi connectivity index (χ0v) is 12.8. The van der Waals surface area contributed by atoms with E-state index >= 15 is 0 Å². The van der Waals surface area contributed by atoms with Crippen molar-refractivity contribution >= 4 is 0 Å². The molecule has 0 aliphatic carbocycles. The van der Waals surface area contributed by atoms with Gasteiger partial charge in [0.25, 0.3) is 0 Å². The van der Waals surface area contributed by atoms with Gasteiger partial charge in [-0.3, -0.25) is 4.90 Å². The van der Waals surface area contributed by atoms with E-state index in [-0.39, 0.29) is 0 Å². The van der Waals surface area contributed by atoms with Crippen LogP contribution in [0, 0.1) is 5.92 Å². The number of hydrogen-bond acceptors (Lipinski definition) is 2. The molecule has 0 amide bonds. The zero-order valence-electron chi connectivity index (χ0n) is 12.8. The minimum Gasteiger partial charge on any atom is -0.315 e. The van der Waals surface area contributed by atoms with Gasteiger partial charge in [0.15, 0.2) is 0 Å². The molecule has 0 aliphatic rings. The third-order valence-electron chi connectivity index (χ3n) is 3.44. The minimum absolute atomic E-state index is 0.702. The van der Waals surface area contributed by atoms with Crippen LogP contribution in [0.25, 0.3) is 0 Å². The summed E-state index contributed by atoms with van der Waals surface area (Å²) in [5, 5.41) is 3.52. The molecule has 0 rings (SSSR count). The van der Waals surface area contributed by atoms with Gasteiger partial charge in [-0.05, 0) is 38.4 Å². The highest BCUT2D eigenvalue weighted by Gasteiger charge is 2.20. The average molecular weight is 242 g/mol. The molecule has 0 fully saturated rings. The van der Waals surface area contributed by atoms with E-state index < -0.39 is 0 Å². The van der Waals surface area contributed by atoms with Gasteiger partial charge in [0.05, 0.1) is 0 Å². The molecule has 0 saturated carbocycles. The smallest absolute Gasteiger partial charge is 0.0243 e. The molecule has 0 aromatic heterocycles. The van der Waals surface area contributed by atoms with E-state index in [1.54, 1.807) is 0 Å². The van der Waals surface area contributed by atoms with E-state index in [0.717, 1.165) is 19.0 Å². The summed E-state index contributed by atoms with van der Waals surface area (Å²) >= 11 is 0. The van der Waals surface area contributed by atoms with Crippen molar-refractivity contribution in [1.82, 2.24) is 10.2 Å². The second-order valence-electron chi connectivity index (χ2n) is 5.36. The first kappa shape index (κ1) is 16.9. The Balaban J connectivity index is 4.32. The van der Waals surface area contributed by atoms with E-state index in [0.29, 0.717) is 6.04 Å². The Bertz CT molecular complexity index is 149. The van der Waals surface area contributed by atoms with E-state index in [1.165, 1.54) is 38.8 Å². The maximum Gasteiger partial charge on any atom is 0.0243 e. The summed E-state index contributed by atoms with van der Waals surface area (Å²) < 4.78 is 0. The number of nitrogens with zero attached hydrogens (tertiary/aromatic N) is 1. The molecule has 2 nitrogen and oxygen atoms in total. The quantitative estimate of drug-likeness (QED) is 0.596. The third-order valence-corrected chi connectivity index (χ3v) is 3.44. The van der Waals surface area contributed by atoms with Crippen LogP contribution < -0.4 is 5.32 Å². The van der Waals surface area contributed by atoms with E-state index in [9.17, 15) is 0 Å². The molecule has 2 heteroatoms. The van der Waals surface area contributed by atoms with Gasteiger partial charge >= 0.3 is 0 Å². The Kier molecular flexibility index (Phi) is 11.0. The lowest BCUT2D eigenvalue weighted by molar-refractivity contribution is 0.147. The summed E-state index contributed by atoms with van der Waals surface area (Å²) in [7, 11) is 0. The van der Waals surface area contributed by atoms with Gasteiger partial charge in [0.1, 0.15) is 0 Å². The Morgan fingerprint density at radius 3 is 1.82 bits per heavy atom. The van der Waals surface area contributed by atoms with Gasteiger partial charge in [0.2, 0.25) is 0 Å². The molecule has 0 spiro atoms. The third kappa shape index (κ3) is 7.77. The van der Waals surface area contributed by atoms with Crippen molar-refractivity contribution < 1.29 is 0 Å². The SMILES string of the molecule is CCCCN(CCCC)C(CNCC)C(C)C. The molecule has 0 radical (unpaired) electrons. The highest BCUT2D eigenvalue weighted by atomic mass is 15.2. The lowest BCUT2D eigenvalue weighted by Crippen LogP contribution is -2.46. The first-order chi connectivity index (χ1) is 8.17. The van der Waals surface area contributed by atoms with Crippen LogP contribution in [0.5, 0.6) is 0 Å². The van der Waals surface area contributed by atoms with Crippen LogP contribution in [0.15, 0.2) is 0 Å². The number of likely N-dealkylation sites (N-methyl/N-ethyl adjacent to an activating group) is 1. The topological polar surface area (TPSA) is 15.3 Å². The molecular weight excluding hydrogens is 208 g/mol. The van der Waals surface area contributed by atoms with Crippen LogP contribution in [-0.4, -0.2) is 37.1 Å². The molecule has 1 N–H and O–H groups in total. The van der Waals surface area contributed by atoms with Crippen LogP contribution in [0.3, 0.4) is 0 Å². The monoisotopic (exact) mass is 242 g/mol. The predicted octanol–water partition coefficient (Wildman–Crippen LogP) is 3.52. The van der Waals surface area contributed by atoms with Crippen molar-refractivity contribution in [3.05, 3.63) is 0 Å². The second-order valence-corrected chi connectivity index (χ2v) is 5.36. The van der Waals surface area contributed by atoms with Gasteiger partial charge in [-0.25, -0.2) is 0 Å². The summed E-state index contributed by atoms with van der Waals surface area (Å²) in [4.78, 5) is 2.71. The maximum absolute atomic E-state index is 3.52. The molecule has 1 unspecified atom stereocenters. The number of nitrogens with one attached hydrogen (secondary N) is 1. The molecule has 104 valence electrons. The number of unbranched alkanes of at least 4 members (excludes halogenated alkanes) is 2. The lowest BCUT2D eigenvalue weighted by Gasteiger charge is -2.34. The van der Waals surface area contributed by atoms with Gasteiger partial charge in [-0.15, -0.1) is 0 Å². The molecule has 0 bridgehead atoms. The largest absolute Gasteiger partial charge is 0.315 e. The van der Waals surface area contributed by atoms with E-state index in [2.05, 4.69) is 44.8 Å². The number of hydrogen-bond donors (Lipinski definition) is 1. The van der Waals surface area contributed by atoms with Gasteiger partial charge < -0.3 is 5.32 Å². The second kappa shape index (κ2) is 11.0. The Morgan fingerprint density at radius 2 is 1.47 bits per heavy atom. The van der Waals surface area contributed by atoms with Crippen LogP contribution in [-0.2, 0) is 0 Å². The predicted molar refractivity (Wildman–Crippen MR) is 78.6 cm³/mol. The molecule has 0 aromatic rings. The summed E-state index contributed by atoms with van der Waals surface area (Å²) in [6, 6.07) is 0.702. The van der Waals surface area contributed by atoms with Crippen molar-refractivity contribution in [2.24, 2.45) is 5.92 Å². The molecule has 0 aromatic carbocycles. The summed E-state index contributed by atoms with van der Waals surface area (Å²) in [5.41, 5.74) is 0. The minimum atomic E-state index is 0.702. The highest BCUT2D eigenvalue weighted by Crippen LogP contribution is 2.12. The highest BCUT2D eigenvalue weighted by molar-refractivity contribution is 4.77.